The summed E-state index contributed by atoms with van der Waals surface area (Å²) in [6.45, 7) is 5.72. The van der Waals surface area contributed by atoms with Crippen LogP contribution in [0.5, 0.6) is 5.75 Å². The number of benzene rings is 1. The first-order valence-corrected chi connectivity index (χ1v) is 8.64. The standard InChI is InChI=1S/C19H22N4O2/c1-13-4-3-5-17(6-13)25-11-19(24)23-15-8-16(23)10-22(9-15)18-7-14(2)20-12-21-18/h3-7,12,15-16H,8-11H2,1-2H3. The van der Waals surface area contributed by atoms with Crippen LogP contribution >= 0.6 is 0 Å². The Morgan fingerprint density at radius 3 is 2.72 bits per heavy atom. The molecule has 6 heteroatoms. The molecule has 2 bridgehead atoms. The summed E-state index contributed by atoms with van der Waals surface area (Å²) >= 11 is 0. The van der Waals surface area contributed by atoms with Gasteiger partial charge in [0.25, 0.3) is 5.91 Å². The summed E-state index contributed by atoms with van der Waals surface area (Å²) in [5, 5.41) is 0. The third kappa shape index (κ3) is 3.16. The van der Waals surface area contributed by atoms with Gasteiger partial charge in [-0.3, -0.25) is 4.79 Å². The summed E-state index contributed by atoms with van der Waals surface area (Å²) in [4.78, 5) is 25.3. The van der Waals surface area contributed by atoms with Crippen molar-refractivity contribution in [3.8, 4) is 5.75 Å². The molecule has 3 aliphatic rings. The van der Waals surface area contributed by atoms with Crippen molar-refractivity contribution in [2.75, 3.05) is 24.6 Å². The Balaban J connectivity index is 1.35. The highest BCUT2D eigenvalue weighted by Gasteiger charge is 2.47. The van der Waals surface area contributed by atoms with Gasteiger partial charge in [-0.2, -0.15) is 0 Å². The maximum Gasteiger partial charge on any atom is 0.261 e. The fourth-order valence-corrected chi connectivity index (χ4v) is 3.74. The number of amides is 1. The molecule has 1 aromatic heterocycles. The first kappa shape index (κ1) is 15.9. The van der Waals surface area contributed by atoms with E-state index in [2.05, 4.69) is 14.9 Å². The number of carbonyl (C=O) groups is 1. The molecule has 2 atom stereocenters. The van der Waals surface area contributed by atoms with Crippen molar-refractivity contribution in [2.45, 2.75) is 32.4 Å². The van der Waals surface area contributed by atoms with E-state index in [1.54, 1.807) is 6.33 Å². The monoisotopic (exact) mass is 338 g/mol. The zero-order chi connectivity index (χ0) is 17.4. The van der Waals surface area contributed by atoms with Crippen molar-refractivity contribution in [1.29, 1.82) is 0 Å². The van der Waals surface area contributed by atoms with Crippen molar-refractivity contribution < 1.29 is 9.53 Å². The van der Waals surface area contributed by atoms with Gasteiger partial charge < -0.3 is 14.5 Å². The third-order valence-corrected chi connectivity index (χ3v) is 4.95. The van der Waals surface area contributed by atoms with Crippen molar-refractivity contribution >= 4 is 11.7 Å². The molecular weight excluding hydrogens is 316 g/mol. The third-order valence-electron chi connectivity index (χ3n) is 4.95. The number of piperidine rings is 1. The first-order valence-electron chi connectivity index (χ1n) is 8.64. The average molecular weight is 338 g/mol. The summed E-state index contributed by atoms with van der Waals surface area (Å²) in [6, 6.07) is 10.3. The van der Waals surface area contributed by atoms with Crippen LogP contribution in [0, 0.1) is 13.8 Å². The van der Waals surface area contributed by atoms with Crippen LogP contribution < -0.4 is 9.64 Å². The van der Waals surface area contributed by atoms with Crippen LogP contribution in [0.3, 0.4) is 0 Å². The molecule has 0 radical (unpaired) electrons. The van der Waals surface area contributed by atoms with Crippen LogP contribution in [0.25, 0.3) is 0 Å². The topological polar surface area (TPSA) is 58.6 Å². The summed E-state index contributed by atoms with van der Waals surface area (Å²) in [6.07, 6.45) is 2.67. The molecule has 1 amide bonds. The predicted molar refractivity (Wildman–Crippen MR) is 94.7 cm³/mol. The van der Waals surface area contributed by atoms with E-state index < -0.39 is 0 Å². The van der Waals surface area contributed by atoms with Crippen molar-refractivity contribution in [3.63, 3.8) is 0 Å². The fraction of sp³-hybridized carbons (Fsp3) is 0.421. The fourth-order valence-electron chi connectivity index (χ4n) is 3.74. The van der Waals surface area contributed by atoms with Crippen LogP contribution in [0.15, 0.2) is 36.7 Å². The minimum absolute atomic E-state index is 0.0706. The molecule has 3 fully saturated rings. The number of ether oxygens (including phenoxy) is 1. The molecule has 0 aliphatic carbocycles. The summed E-state index contributed by atoms with van der Waals surface area (Å²) < 4.78 is 5.67. The average Bonchev–Trinajstić information content (AvgIpc) is 2.60. The van der Waals surface area contributed by atoms with Crippen LogP contribution in [0.2, 0.25) is 0 Å². The van der Waals surface area contributed by atoms with Gasteiger partial charge in [0.1, 0.15) is 17.9 Å². The van der Waals surface area contributed by atoms with Crippen LogP contribution in [0.1, 0.15) is 17.7 Å². The Labute approximate surface area is 147 Å². The largest absolute Gasteiger partial charge is 0.484 e. The highest BCUT2D eigenvalue weighted by atomic mass is 16.5. The lowest BCUT2D eigenvalue weighted by Crippen LogP contribution is -2.71. The van der Waals surface area contributed by atoms with Gasteiger partial charge >= 0.3 is 0 Å². The van der Waals surface area contributed by atoms with E-state index in [-0.39, 0.29) is 24.6 Å². The molecule has 0 N–H and O–H groups in total. The lowest BCUT2D eigenvalue weighted by molar-refractivity contribution is -0.148. The number of aryl methyl sites for hydroxylation is 2. The van der Waals surface area contributed by atoms with E-state index in [9.17, 15) is 4.79 Å². The number of anilines is 1. The van der Waals surface area contributed by atoms with Gasteiger partial charge in [0.2, 0.25) is 0 Å². The van der Waals surface area contributed by atoms with Crippen LogP contribution in [0.4, 0.5) is 5.82 Å². The maximum atomic E-state index is 12.6. The number of fused-ring (bicyclic) bond motifs is 2. The summed E-state index contributed by atoms with van der Waals surface area (Å²) in [7, 11) is 0. The van der Waals surface area contributed by atoms with Gasteiger partial charge in [-0.05, 0) is 38.0 Å². The Kier molecular flexibility index (Phi) is 4.03. The molecule has 0 saturated carbocycles. The van der Waals surface area contributed by atoms with Gasteiger partial charge in [-0.1, -0.05) is 12.1 Å². The number of rotatable bonds is 4. The lowest BCUT2D eigenvalue weighted by atomic mass is 9.87. The number of carbonyl (C=O) groups excluding carboxylic acids is 1. The SMILES string of the molecule is Cc1cccc(OCC(=O)N2C3CC2CN(c2cc(C)ncn2)C3)c1. The second-order valence-corrected chi connectivity index (χ2v) is 6.87. The molecule has 2 unspecified atom stereocenters. The maximum absolute atomic E-state index is 12.6. The number of hydrogen-bond donors (Lipinski definition) is 0. The van der Waals surface area contributed by atoms with Gasteiger partial charge in [0.15, 0.2) is 6.61 Å². The Hall–Kier alpha value is -2.63. The number of piperazine rings is 1. The molecule has 0 spiro atoms. The van der Waals surface area contributed by atoms with Gasteiger partial charge in [0.05, 0.1) is 12.1 Å². The number of aromatic nitrogens is 2. The van der Waals surface area contributed by atoms with Crippen molar-refractivity contribution in [3.05, 3.63) is 47.9 Å². The van der Waals surface area contributed by atoms with Crippen molar-refractivity contribution in [2.24, 2.45) is 0 Å². The predicted octanol–water partition coefficient (Wildman–Crippen LogP) is 1.96. The summed E-state index contributed by atoms with van der Waals surface area (Å²) in [5.74, 6) is 1.77. The highest BCUT2D eigenvalue weighted by Crippen LogP contribution is 2.34. The van der Waals surface area contributed by atoms with Gasteiger partial charge in [0, 0.05) is 24.8 Å². The Morgan fingerprint density at radius 2 is 2.00 bits per heavy atom. The van der Waals surface area contributed by atoms with E-state index in [0.29, 0.717) is 0 Å². The zero-order valence-electron chi connectivity index (χ0n) is 14.6. The normalized spacial score (nSPS) is 21.7. The smallest absolute Gasteiger partial charge is 0.261 e. The summed E-state index contributed by atoms with van der Waals surface area (Å²) in [5.41, 5.74) is 2.09. The molecule has 25 heavy (non-hydrogen) atoms. The molecule has 2 aromatic rings. The first-order chi connectivity index (χ1) is 12.1. The van der Waals surface area contributed by atoms with E-state index >= 15 is 0 Å². The zero-order valence-corrected chi connectivity index (χ0v) is 14.6. The highest BCUT2D eigenvalue weighted by molar-refractivity contribution is 5.80. The van der Waals surface area contributed by atoms with E-state index in [1.807, 2.05) is 49.1 Å². The van der Waals surface area contributed by atoms with E-state index in [4.69, 9.17) is 4.74 Å². The molecule has 4 heterocycles. The minimum Gasteiger partial charge on any atom is -0.484 e. The van der Waals surface area contributed by atoms with Crippen LogP contribution in [-0.4, -0.2) is 52.6 Å². The lowest BCUT2D eigenvalue weighted by Gasteiger charge is -2.56. The van der Waals surface area contributed by atoms with E-state index in [1.165, 1.54) is 0 Å². The van der Waals surface area contributed by atoms with Gasteiger partial charge in [-0.15, -0.1) is 0 Å². The second-order valence-electron chi connectivity index (χ2n) is 6.87. The molecule has 5 rings (SSSR count). The molecule has 1 aromatic carbocycles. The number of nitrogens with zero attached hydrogens (tertiary/aromatic N) is 4. The van der Waals surface area contributed by atoms with E-state index in [0.717, 1.165) is 42.3 Å². The van der Waals surface area contributed by atoms with Crippen LogP contribution in [-0.2, 0) is 4.79 Å². The molecule has 3 saturated heterocycles. The quantitative estimate of drug-likeness (QED) is 0.853. The molecule has 6 nitrogen and oxygen atoms in total. The van der Waals surface area contributed by atoms with Crippen molar-refractivity contribution in [1.82, 2.24) is 14.9 Å². The molecule has 3 aliphatic heterocycles. The second kappa shape index (κ2) is 6.35. The number of hydrogen-bond acceptors (Lipinski definition) is 5. The molecular formula is C19H22N4O2. The van der Waals surface area contributed by atoms with Gasteiger partial charge in [-0.25, -0.2) is 9.97 Å². The molecule has 130 valence electrons. The Morgan fingerprint density at radius 1 is 1.20 bits per heavy atom. The minimum atomic E-state index is 0.0706. The Bertz CT molecular complexity index is 782.